The summed E-state index contributed by atoms with van der Waals surface area (Å²) in [6.07, 6.45) is -0.467. The summed E-state index contributed by atoms with van der Waals surface area (Å²) in [5.74, 6) is 0. The molecule has 0 unspecified atom stereocenters. The molecule has 0 amide bonds. The van der Waals surface area contributed by atoms with Gasteiger partial charge >= 0.3 is 0 Å². The summed E-state index contributed by atoms with van der Waals surface area (Å²) < 4.78 is 1.21. The Bertz CT molecular complexity index is 678. The van der Waals surface area contributed by atoms with Gasteiger partial charge < -0.3 is 5.11 Å². The van der Waals surface area contributed by atoms with Crippen LogP contribution < -0.4 is 0 Å². The van der Waals surface area contributed by atoms with Gasteiger partial charge in [0.05, 0.1) is 22.9 Å². The first-order valence-corrected chi connectivity index (χ1v) is 7.80. The van der Waals surface area contributed by atoms with Crippen molar-refractivity contribution in [2.45, 2.75) is 12.6 Å². The van der Waals surface area contributed by atoms with Crippen LogP contribution in [0.1, 0.15) is 16.7 Å². The van der Waals surface area contributed by atoms with E-state index in [1.807, 2.05) is 55.6 Å². The molecule has 0 spiro atoms. The third kappa shape index (κ3) is 3.47. The number of aliphatic hydroxyl groups is 1. The highest BCUT2D eigenvalue weighted by Crippen LogP contribution is 2.23. The van der Waals surface area contributed by atoms with Crippen LogP contribution in [0.4, 0.5) is 0 Å². The minimum Gasteiger partial charge on any atom is -0.387 e. The van der Waals surface area contributed by atoms with Crippen LogP contribution in [0, 0.1) is 0 Å². The molecule has 0 fully saturated rings. The third-order valence-corrected chi connectivity index (χ3v) is 4.43. The summed E-state index contributed by atoms with van der Waals surface area (Å²) in [5.41, 5.74) is 2.00. The van der Waals surface area contributed by atoms with Gasteiger partial charge in [-0.2, -0.15) is 0 Å². The molecule has 1 heterocycles. The molecule has 0 saturated carbocycles. The lowest BCUT2D eigenvalue weighted by Crippen LogP contribution is -2.24. The van der Waals surface area contributed by atoms with Crippen molar-refractivity contribution in [1.29, 1.82) is 0 Å². The number of hydrogen-bond donors (Lipinski definition) is 1. The largest absolute Gasteiger partial charge is 0.387 e. The number of para-hydroxylation sites is 1. The van der Waals surface area contributed by atoms with E-state index in [2.05, 4.69) is 16.0 Å². The number of hydrogen-bond acceptors (Lipinski definition) is 4. The molecule has 4 heteroatoms. The van der Waals surface area contributed by atoms with Gasteiger partial charge in [-0.1, -0.05) is 42.5 Å². The summed E-state index contributed by atoms with van der Waals surface area (Å²) in [7, 11) is 2.01. The van der Waals surface area contributed by atoms with Crippen LogP contribution in [0.2, 0.25) is 0 Å². The van der Waals surface area contributed by atoms with Crippen molar-refractivity contribution in [3.05, 3.63) is 65.2 Å². The maximum absolute atomic E-state index is 10.3. The molecule has 3 nitrogen and oxygen atoms in total. The van der Waals surface area contributed by atoms with Gasteiger partial charge in [-0.15, -0.1) is 11.3 Å². The smallest absolute Gasteiger partial charge is 0.108 e. The van der Waals surface area contributed by atoms with Crippen molar-refractivity contribution < 1.29 is 5.11 Å². The zero-order valence-electron chi connectivity index (χ0n) is 11.9. The van der Waals surface area contributed by atoms with Crippen LogP contribution in [0.3, 0.4) is 0 Å². The van der Waals surface area contributed by atoms with Gasteiger partial charge in [-0.25, -0.2) is 4.98 Å². The molecule has 0 aliphatic rings. The van der Waals surface area contributed by atoms with Gasteiger partial charge in [-0.05, 0) is 24.7 Å². The van der Waals surface area contributed by atoms with Crippen LogP contribution in [0.15, 0.2) is 54.6 Å². The van der Waals surface area contributed by atoms with Gasteiger partial charge in [0.1, 0.15) is 5.01 Å². The molecule has 3 rings (SSSR count). The van der Waals surface area contributed by atoms with Crippen LogP contribution in [-0.4, -0.2) is 28.6 Å². The molecule has 2 aromatic carbocycles. The van der Waals surface area contributed by atoms with Gasteiger partial charge in [0.25, 0.3) is 0 Å². The molecule has 0 saturated heterocycles. The first-order valence-electron chi connectivity index (χ1n) is 6.98. The molecular weight excluding hydrogens is 280 g/mol. The molecule has 108 valence electrons. The average Bonchev–Trinajstić information content (AvgIpc) is 2.90. The molecule has 1 N–H and O–H groups in total. The number of nitrogens with zero attached hydrogens (tertiary/aromatic N) is 2. The Hall–Kier alpha value is -1.75. The SMILES string of the molecule is CN(Cc1nc2ccccc2s1)C[C@@H](O)c1ccccc1. The highest BCUT2D eigenvalue weighted by molar-refractivity contribution is 7.18. The fourth-order valence-electron chi connectivity index (χ4n) is 2.36. The number of aromatic nitrogens is 1. The maximum Gasteiger partial charge on any atom is 0.108 e. The number of likely N-dealkylation sites (N-methyl/N-ethyl adjacent to an activating group) is 1. The van der Waals surface area contributed by atoms with E-state index in [-0.39, 0.29) is 0 Å². The summed E-state index contributed by atoms with van der Waals surface area (Å²) in [5, 5.41) is 11.3. The first-order chi connectivity index (χ1) is 10.2. The van der Waals surface area contributed by atoms with Gasteiger partial charge in [0.2, 0.25) is 0 Å². The van der Waals surface area contributed by atoms with Crippen LogP contribution >= 0.6 is 11.3 Å². The summed E-state index contributed by atoms with van der Waals surface area (Å²) >= 11 is 1.71. The lowest BCUT2D eigenvalue weighted by molar-refractivity contribution is 0.124. The van der Waals surface area contributed by atoms with E-state index in [1.54, 1.807) is 11.3 Å². The Labute approximate surface area is 128 Å². The van der Waals surface area contributed by atoms with Crippen molar-refractivity contribution in [2.24, 2.45) is 0 Å². The van der Waals surface area contributed by atoms with Crippen LogP contribution in [0.25, 0.3) is 10.2 Å². The van der Waals surface area contributed by atoms with E-state index in [0.717, 1.165) is 22.6 Å². The second-order valence-corrected chi connectivity index (χ2v) is 6.31. The standard InChI is InChI=1S/C17H18N2OS/c1-19(11-15(20)13-7-3-2-4-8-13)12-17-18-14-9-5-6-10-16(14)21-17/h2-10,15,20H,11-12H2,1H3/t15-/m1/s1. The van der Waals surface area contributed by atoms with E-state index in [1.165, 1.54) is 4.70 Å². The number of aliphatic hydroxyl groups excluding tert-OH is 1. The molecule has 0 bridgehead atoms. The third-order valence-electron chi connectivity index (χ3n) is 3.41. The minimum atomic E-state index is -0.467. The Morgan fingerprint density at radius 2 is 1.81 bits per heavy atom. The molecule has 21 heavy (non-hydrogen) atoms. The van der Waals surface area contributed by atoms with E-state index in [0.29, 0.717) is 6.54 Å². The molecule has 1 aromatic heterocycles. The lowest BCUT2D eigenvalue weighted by atomic mass is 10.1. The second kappa shape index (κ2) is 6.35. The molecule has 0 aliphatic carbocycles. The van der Waals surface area contributed by atoms with Gasteiger partial charge in [0.15, 0.2) is 0 Å². The highest BCUT2D eigenvalue weighted by Gasteiger charge is 2.12. The maximum atomic E-state index is 10.3. The fraction of sp³-hybridized carbons (Fsp3) is 0.235. The Morgan fingerprint density at radius 3 is 2.57 bits per heavy atom. The summed E-state index contributed by atoms with van der Waals surface area (Å²) in [4.78, 5) is 6.73. The minimum absolute atomic E-state index is 0.467. The first kappa shape index (κ1) is 14.2. The molecule has 3 aromatic rings. The normalized spacial score (nSPS) is 12.9. The van der Waals surface area contributed by atoms with Crippen molar-refractivity contribution in [3.63, 3.8) is 0 Å². The number of rotatable bonds is 5. The second-order valence-electron chi connectivity index (χ2n) is 5.20. The van der Waals surface area contributed by atoms with Crippen LogP contribution in [-0.2, 0) is 6.54 Å². The van der Waals surface area contributed by atoms with Crippen molar-refractivity contribution in [1.82, 2.24) is 9.88 Å². The van der Waals surface area contributed by atoms with Gasteiger partial charge in [-0.3, -0.25) is 4.90 Å². The molecule has 0 radical (unpaired) electrons. The van der Waals surface area contributed by atoms with Gasteiger partial charge in [0, 0.05) is 6.54 Å². The molecule has 0 aliphatic heterocycles. The summed E-state index contributed by atoms with van der Waals surface area (Å²) in [6, 6.07) is 17.9. The zero-order chi connectivity index (χ0) is 14.7. The van der Waals surface area contributed by atoms with Crippen molar-refractivity contribution in [3.8, 4) is 0 Å². The predicted molar refractivity (Wildman–Crippen MR) is 87.4 cm³/mol. The molecular formula is C17H18N2OS. The zero-order valence-corrected chi connectivity index (χ0v) is 12.8. The molecule has 1 atom stereocenters. The topological polar surface area (TPSA) is 36.4 Å². The fourth-order valence-corrected chi connectivity index (χ4v) is 3.41. The van der Waals surface area contributed by atoms with Crippen molar-refractivity contribution >= 4 is 21.6 Å². The quantitative estimate of drug-likeness (QED) is 0.783. The number of thiazole rings is 1. The highest BCUT2D eigenvalue weighted by atomic mass is 32.1. The predicted octanol–water partition coefficient (Wildman–Crippen LogP) is 3.46. The van der Waals surface area contributed by atoms with E-state index >= 15 is 0 Å². The van der Waals surface area contributed by atoms with E-state index in [4.69, 9.17) is 0 Å². The van der Waals surface area contributed by atoms with Crippen molar-refractivity contribution in [2.75, 3.05) is 13.6 Å². The Morgan fingerprint density at radius 1 is 1.10 bits per heavy atom. The average molecular weight is 298 g/mol. The Kier molecular flexibility index (Phi) is 4.29. The number of fused-ring (bicyclic) bond motifs is 1. The van der Waals surface area contributed by atoms with E-state index in [9.17, 15) is 5.11 Å². The van der Waals surface area contributed by atoms with Crippen LogP contribution in [0.5, 0.6) is 0 Å². The summed E-state index contributed by atoms with van der Waals surface area (Å²) in [6.45, 7) is 1.35. The monoisotopic (exact) mass is 298 g/mol. The number of benzene rings is 2. The van der Waals surface area contributed by atoms with E-state index < -0.39 is 6.10 Å². The Balaban J connectivity index is 1.64. The lowest BCUT2D eigenvalue weighted by Gasteiger charge is -2.19.